The molecule has 0 unspecified atom stereocenters. The Morgan fingerprint density at radius 2 is 2.04 bits per heavy atom. The minimum atomic E-state index is -0.157. The number of carbonyl (C=O) groups is 1. The van der Waals surface area contributed by atoms with Crippen molar-refractivity contribution < 1.29 is 14.3 Å². The fourth-order valence-electron chi connectivity index (χ4n) is 2.02. The first-order chi connectivity index (χ1) is 12.1. The van der Waals surface area contributed by atoms with Crippen molar-refractivity contribution >= 4 is 39.8 Å². The maximum atomic E-state index is 11.9. The van der Waals surface area contributed by atoms with Gasteiger partial charge in [0, 0.05) is 15.8 Å². The van der Waals surface area contributed by atoms with Gasteiger partial charge in [0.2, 0.25) is 5.91 Å². The van der Waals surface area contributed by atoms with Crippen LogP contribution in [0.1, 0.15) is 11.1 Å². The van der Waals surface area contributed by atoms with E-state index in [-0.39, 0.29) is 5.91 Å². The zero-order valence-electron chi connectivity index (χ0n) is 14.0. The summed E-state index contributed by atoms with van der Waals surface area (Å²) in [6, 6.07) is 13.3. The summed E-state index contributed by atoms with van der Waals surface area (Å²) in [5.41, 5.74) is 4.40. The lowest BCUT2D eigenvalue weighted by atomic mass is 10.2. The number of amides is 1. The standard InChI is InChI=1S/C18H19BrN2O3S/c1-23-15-7-8-17(24-2)14(9-15)10-20-21-18(22)12-25-11-13-5-3-4-6-16(13)19/h3-10H,11-12H2,1-2H3,(H,21,22). The van der Waals surface area contributed by atoms with Gasteiger partial charge in [-0.3, -0.25) is 4.79 Å². The topological polar surface area (TPSA) is 59.9 Å². The Bertz CT molecular complexity index is 753. The second-order valence-corrected chi connectivity index (χ2v) is 6.83. The van der Waals surface area contributed by atoms with Crippen LogP contribution in [0.15, 0.2) is 52.0 Å². The predicted octanol–water partition coefficient (Wildman–Crippen LogP) is 3.85. The summed E-state index contributed by atoms with van der Waals surface area (Å²) >= 11 is 5.03. The largest absolute Gasteiger partial charge is 0.497 e. The molecule has 0 aromatic heterocycles. The Morgan fingerprint density at radius 1 is 1.24 bits per heavy atom. The van der Waals surface area contributed by atoms with Crippen LogP contribution in [-0.2, 0) is 10.5 Å². The van der Waals surface area contributed by atoms with Crippen molar-refractivity contribution in [1.82, 2.24) is 5.43 Å². The monoisotopic (exact) mass is 422 g/mol. The van der Waals surface area contributed by atoms with Crippen molar-refractivity contribution in [3.8, 4) is 11.5 Å². The number of benzene rings is 2. The van der Waals surface area contributed by atoms with Gasteiger partial charge in [0.25, 0.3) is 0 Å². The van der Waals surface area contributed by atoms with Gasteiger partial charge in [-0.25, -0.2) is 5.43 Å². The molecule has 0 fully saturated rings. The fraction of sp³-hybridized carbons (Fsp3) is 0.222. The van der Waals surface area contributed by atoms with Gasteiger partial charge in [0.15, 0.2) is 0 Å². The van der Waals surface area contributed by atoms with Gasteiger partial charge in [-0.15, -0.1) is 11.8 Å². The van der Waals surface area contributed by atoms with Crippen LogP contribution >= 0.6 is 27.7 Å². The van der Waals surface area contributed by atoms with Crippen molar-refractivity contribution in [1.29, 1.82) is 0 Å². The Labute approximate surface area is 159 Å². The van der Waals surface area contributed by atoms with E-state index >= 15 is 0 Å². The molecule has 0 spiro atoms. The van der Waals surface area contributed by atoms with Gasteiger partial charge in [0.1, 0.15) is 11.5 Å². The number of halogens is 1. The summed E-state index contributed by atoms with van der Waals surface area (Å²) in [6.45, 7) is 0. The molecule has 132 valence electrons. The molecular weight excluding hydrogens is 404 g/mol. The Kier molecular flexibility index (Phi) is 7.81. The third-order valence-electron chi connectivity index (χ3n) is 3.28. The van der Waals surface area contributed by atoms with Gasteiger partial charge in [-0.05, 0) is 29.8 Å². The molecule has 0 aliphatic rings. The molecule has 0 radical (unpaired) electrons. The highest BCUT2D eigenvalue weighted by atomic mass is 79.9. The highest BCUT2D eigenvalue weighted by molar-refractivity contribution is 9.10. The number of carbonyl (C=O) groups excluding carboxylic acids is 1. The normalized spacial score (nSPS) is 10.7. The predicted molar refractivity (Wildman–Crippen MR) is 106 cm³/mol. The molecular formula is C18H19BrN2O3S. The average molecular weight is 423 g/mol. The number of methoxy groups -OCH3 is 2. The van der Waals surface area contributed by atoms with E-state index in [1.165, 1.54) is 18.0 Å². The van der Waals surface area contributed by atoms with E-state index in [4.69, 9.17) is 9.47 Å². The molecule has 0 aliphatic carbocycles. The maximum Gasteiger partial charge on any atom is 0.250 e. The van der Waals surface area contributed by atoms with E-state index in [1.54, 1.807) is 32.4 Å². The van der Waals surface area contributed by atoms with Gasteiger partial charge >= 0.3 is 0 Å². The van der Waals surface area contributed by atoms with Crippen LogP contribution in [0.4, 0.5) is 0 Å². The van der Waals surface area contributed by atoms with Gasteiger partial charge < -0.3 is 9.47 Å². The fourth-order valence-corrected chi connectivity index (χ4v) is 3.45. The second kappa shape index (κ2) is 10.1. The summed E-state index contributed by atoms with van der Waals surface area (Å²) in [7, 11) is 3.17. The number of nitrogens with one attached hydrogen (secondary N) is 1. The third kappa shape index (κ3) is 6.10. The molecule has 2 rings (SSSR count). The molecule has 1 N–H and O–H groups in total. The molecule has 0 heterocycles. The lowest BCUT2D eigenvalue weighted by Crippen LogP contribution is -2.19. The molecule has 2 aromatic rings. The second-order valence-electron chi connectivity index (χ2n) is 4.99. The van der Waals surface area contributed by atoms with Crippen molar-refractivity contribution in [2.24, 2.45) is 5.10 Å². The number of hydrazone groups is 1. The third-order valence-corrected chi connectivity index (χ3v) is 5.03. The quantitative estimate of drug-likeness (QED) is 0.518. The van der Waals surface area contributed by atoms with Crippen LogP contribution in [-0.4, -0.2) is 32.1 Å². The summed E-state index contributed by atoms with van der Waals surface area (Å²) in [6.07, 6.45) is 1.54. The highest BCUT2D eigenvalue weighted by Gasteiger charge is 2.05. The number of ether oxygens (including phenoxy) is 2. The smallest absolute Gasteiger partial charge is 0.250 e. The first kappa shape index (κ1) is 19.3. The summed E-state index contributed by atoms with van der Waals surface area (Å²) in [5.74, 6) is 2.27. The first-order valence-corrected chi connectivity index (χ1v) is 9.44. The van der Waals surface area contributed by atoms with Crippen molar-refractivity contribution in [2.75, 3.05) is 20.0 Å². The number of hydrogen-bond donors (Lipinski definition) is 1. The molecule has 0 atom stereocenters. The van der Waals surface area contributed by atoms with Crippen LogP contribution in [0, 0.1) is 0 Å². The summed E-state index contributed by atoms with van der Waals surface area (Å²) in [5, 5.41) is 3.99. The molecule has 0 saturated carbocycles. The van der Waals surface area contributed by atoms with Gasteiger partial charge in [-0.2, -0.15) is 5.10 Å². The van der Waals surface area contributed by atoms with E-state index in [0.717, 1.165) is 21.4 Å². The van der Waals surface area contributed by atoms with Crippen LogP contribution < -0.4 is 14.9 Å². The maximum absolute atomic E-state index is 11.9. The van der Waals surface area contributed by atoms with E-state index in [0.29, 0.717) is 17.3 Å². The number of hydrogen-bond acceptors (Lipinski definition) is 5. The Morgan fingerprint density at radius 3 is 2.76 bits per heavy atom. The van der Waals surface area contributed by atoms with E-state index in [9.17, 15) is 4.79 Å². The molecule has 5 nitrogen and oxygen atoms in total. The zero-order valence-corrected chi connectivity index (χ0v) is 16.4. The highest BCUT2D eigenvalue weighted by Crippen LogP contribution is 2.22. The molecule has 2 aromatic carbocycles. The first-order valence-electron chi connectivity index (χ1n) is 7.49. The molecule has 7 heteroatoms. The van der Waals surface area contributed by atoms with Crippen LogP contribution in [0.5, 0.6) is 11.5 Å². The average Bonchev–Trinajstić information content (AvgIpc) is 2.63. The molecule has 0 saturated heterocycles. The minimum Gasteiger partial charge on any atom is -0.497 e. The SMILES string of the molecule is COc1ccc(OC)c(C=NNC(=O)CSCc2ccccc2Br)c1. The number of thioether (sulfide) groups is 1. The van der Waals surface area contributed by atoms with E-state index < -0.39 is 0 Å². The molecule has 25 heavy (non-hydrogen) atoms. The molecule has 0 bridgehead atoms. The van der Waals surface area contributed by atoms with E-state index in [1.807, 2.05) is 24.3 Å². The zero-order chi connectivity index (χ0) is 18.1. The lowest BCUT2D eigenvalue weighted by Gasteiger charge is -2.07. The summed E-state index contributed by atoms with van der Waals surface area (Å²) < 4.78 is 11.5. The van der Waals surface area contributed by atoms with Crippen molar-refractivity contribution in [3.63, 3.8) is 0 Å². The van der Waals surface area contributed by atoms with Gasteiger partial charge in [-0.1, -0.05) is 34.1 Å². The van der Waals surface area contributed by atoms with Crippen LogP contribution in [0.3, 0.4) is 0 Å². The van der Waals surface area contributed by atoms with Crippen molar-refractivity contribution in [2.45, 2.75) is 5.75 Å². The summed E-state index contributed by atoms with van der Waals surface area (Å²) in [4.78, 5) is 11.9. The minimum absolute atomic E-state index is 0.157. The van der Waals surface area contributed by atoms with E-state index in [2.05, 4.69) is 26.5 Å². The number of rotatable bonds is 8. The van der Waals surface area contributed by atoms with Gasteiger partial charge in [0.05, 0.1) is 26.2 Å². The van der Waals surface area contributed by atoms with Crippen LogP contribution in [0.25, 0.3) is 0 Å². The molecule has 0 aliphatic heterocycles. The van der Waals surface area contributed by atoms with Crippen molar-refractivity contribution in [3.05, 3.63) is 58.1 Å². The Balaban J connectivity index is 1.83. The lowest BCUT2D eigenvalue weighted by molar-refractivity contribution is -0.118. The Hall–Kier alpha value is -1.99. The number of nitrogens with zero attached hydrogens (tertiary/aromatic N) is 1. The van der Waals surface area contributed by atoms with Crippen LogP contribution in [0.2, 0.25) is 0 Å². The molecule has 1 amide bonds.